The highest BCUT2D eigenvalue weighted by Crippen LogP contribution is 2.33. The van der Waals surface area contributed by atoms with Crippen molar-refractivity contribution in [3.05, 3.63) is 41.6 Å². The first-order valence-corrected chi connectivity index (χ1v) is 6.34. The number of hydrogen-bond acceptors (Lipinski definition) is 3. The summed E-state index contributed by atoms with van der Waals surface area (Å²) in [6.45, 7) is 3.38. The molecule has 108 valence electrons. The second-order valence-electron chi connectivity index (χ2n) is 4.44. The Morgan fingerprint density at radius 2 is 2.10 bits per heavy atom. The summed E-state index contributed by atoms with van der Waals surface area (Å²) >= 11 is 0. The quantitative estimate of drug-likeness (QED) is 0.847. The van der Waals surface area contributed by atoms with Gasteiger partial charge in [-0.05, 0) is 25.1 Å². The van der Waals surface area contributed by atoms with Gasteiger partial charge in [-0.3, -0.25) is 0 Å². The van der Waals surface area contributed by atoms with Crippen molar-refractivity contribution in [1.29, 1.82) is 0 Å². The van der Waals surface area contributed by atoms with Crippen molar-refractivity contribution < 1.29 is 17.7 Å². The molecule has 1 aromatic carbocycles. The monoisotopic (exact) mass is 284 g/mol. The highest BCUT2D eigenvalue weighted by molar-refractivity contribution is 5.61. The average molecular weight is 284 g/mol. The van der Waals surface area contributed by atoms with E-state index in [1.165, 1.54) is 12.3 Å². The largest absolute Gasteiger partial charge is 0.416 e. The molecule has 1 aromatic heterocycles. The zero-order chi connectivity index (χ0) is 14.6. The van der Waals surface area contributed by atoms with Gasteiger partial charge in [0.2, 0.25) is 0 Å². The van der Waals surface area contributed by atoms with Crippen LogP contribution in [-0.4, -0.2) is 11.7 Å². The molecule has 0 radical (unpaired) electrons. The number of nitrogens with one attached hydrogen (secondary N) is 1. The summed E-state index contributed by atoms with van der Waals surface area (Å²) in [6, 6.07) is 5.06. The molecule has 0 aliphatic carbocycles. The Bertz CT molecular complexity index is 564. The second-order valence-corrected chi connectivity index (χ2v) is 4.44. The van der Waals surface area contributed by atoms with Crippen LogP contribution in [0.5, 0.6) is 0 Å². The topological polar surface area (TPSA) is 38.1 Å². The van der Waals surface area contributed by atoms with E-state index in [9.17, 15) is 13.2 Å². The van der Waals surface area contributed by atoms with Crippen molar-refractivity contribution in [2.75, 3.05) is 6.54 Å². The maximum absolute atomic E-state index is 12.7. The van der Waals surface area contributed by atoms with Gasteiger partial charge in [-0.25, -0.2) is 0 Å². The number of aromatic nitrogens is 1. The van der Waals surface area contributed by atoms with E-state index in [-0.39, 0.29) is 0 Å². The minimum atomic E-state index is -4.36. The first-order chi connectivity index (χ1) is 9.52. The molecule has 2 rings (SSSR count). The van der Waals surface area contributed by atoms with Crippen LogP contribution >= 0.6 is 0 Å². The van der Waals surface area contributed by atoms with Crippen molar-refractivity contribution in [2.45, 2.75) is 26.1 Å². The molecule has 0 bridgehead atoms. The average Bonchev–Trinajstić information content (AvgIpc) is 2.87. The van der Waals surface area contributed by atoms with Crippen LogP contribution in [0, 0.1) is 0 Å². The second kappa shape index (κ2) is 6.09. The minimum Gasteiger partial charge on any atom is -0.356 e. The summed E-state index contributed by atoms with van der Waals surface area (Å²) in [6.07, 6.45) is -1.86. The van der Waals surface area contributed by atoms with Crippen molar-refractivity contribution in [3.63, 3.8) is 0 Å². The summed E-state index contributed by atoms with van der Waals surface area (Å²) in [5, 5.41) is 6.84. The molecule has 0 unspecified atom stereocenters. The standard InChI is InChI=1S/C14H15F3N2O/c1-2-6-18-8-11-9-19-20-13(11)10-4-3-5-12(7-10)14(15,16)17/h3-5,7,9,18H,2,6,8H2,1H3. The van der Waals surface area contributed by atoms with E-state index in [0.717, 1.165) is 30.7 Å². The molecular formula is C14H15F3N2O. The van der Waals surface area contributed by atoms with Crippen molar-refractivity contribution in [3.8, 4) is 11.3 Å². The molecule has 0 saturated heterocycles. The van der Waals surface area contributed by atoms with Crippen LogP contribution in [0.1, 0.15) is 24.5 Å². The Morgan fingerprint density at radius 3 is 2.80 bits per heavy atom. The number of benzene rings is 1. The maximum Gasteiger partial charge on any atom is 0.416 e. The molecule has 0 amide bonds. The van der Waals surface area contributed by atoms with Crippen LogP contribution < -0.4 is 5.32 Å². The van der Waals surface area contributed by atoms with E-state index in [1.807, 2.05) is 6.92 Å². The molecule has 0 fully saturated rings. The van der Waals surface area contributed by atoms with Gasteiger partial charge >= 0.3 is 6.18 Å². The minimum absolute atomic E-state index is 0.375. The molecule has 6 heteroatoms. The smallest absolute Gasteiger partial charge is 0.356 e. The summed E-state index contributed by atoms with van der Waals surface area (Å²) in [7, 11) is 0. The van der Waals surface area contributed by atoms with Crippen molar-refractivity contribution in [1.82, 2.24) is 10.5 Å². The Labute approximate surface area is 114 Å². The van der Waals surface area contributed by atoms with Crippen LogP contribution in [0.4, 0.5) is 13.2 Å². The SMILES string of the molecule is CCCNCc1cnoc1-c1cccc(C(F)(F)F)c1. The third-order valence-corrected chi connectivity index (χ3v) is 2.84. The zero-order valence-electron chi connectivity index (χ0n) is 11.0. The summed E-state index contributed by atoms with van der Waals surface area (Å²) in [4.78, 5) is 0. The van der Waals surface area contributed by atoms with Gasteiger partial charge in [0.1, 0.15) is 0 Å². The summed E-state index contributed by atoms with van der Waals surface area (Å²) in [5.41, 5.74) is 0.433. The molecule has 1 N–H and O–H groups in total. The molecule has 1 heterocycles. The lowest BCUT2D eigenvalue weighted by Crippen LogP contribution is -2.13. The predicted octanol–water partition coefficient (Wildman–Crippen LogP) is 3.86. The lowest BCUT2D eigenvalue weighted by atomic mass is 10.1. The zero-order valence-corrected chi connectivity index (χ0v) is 11.0. The number of hydrogen-bond donors (Lipinski definition) is 1. The van der Waals surface area contributed by atoms with E-state index in [2.05, 4.69) is 10.5 Å². The van der Waals surface area contributed by atoms with Gasteiger partial charge in [0.05, 0.1) is 11.8 Å². The fourth-order valence-corrected chi connectivity index (χ4v) is 1.86. The highest BCUT2D eigenvalue weighted by atomic mass is 19.4. The third kappa shape index (κ3) is 3.39. The van der Waals surface area contributed by atoms with E-state index in [0.29, 0.717) is 17.9 Å². The van der Waals surface area contributed by atoms with Crippen LogP contribution in [0.3, 0.4) is 0 Å². The molecular weight excluding hydrogens is 269 g/mol. The number of nitrogens with zero attached hydrogens (tertiary/aromatic N) is 1. The lowest BCUT2D eigenvalue weighted by molar-refractivity contribution is -0.137. The number of rotatable bonds is 5. The highest BCUT2D eigenvalue weighted by Gasteiger charge is 2.30. The fourth-order valence-electron chi connectivity index (χ4n) is 1.86. The molecule has 2 aromatic rings. The van der Waals surface area contributed by atoms with Gasteiger partial charge in [-0.1, -0.05) is 24.2 Å². The van der Waals surface area contributed by atoms with E-state index in [4.69, 9.17) is 4.52 Å². The molecule has 0 atom stereocenters. The van der Waals surface area contributed by atoms with Crippen LogP contribution in [0.2, 0.25) is 0 Å². The van der Waals surface area contributed by atoms with Crippen molar-refractivity contribution in [2.24, 2.45) is 0 Å². The molecule has 0 aliphatic rings. The normalized spacial score (nSPS) is 11.8. The van der Waals surface area contributed by atoms with E-state index >= 15 is 0 Å². The van der Waals surface area contributed by atoms with Crippen molar-refractivity contribution >= 4 is 0 Å². The van der Waals surface area contributed by atoms with E-state index in [1.54, 1.807) is 6.07 Å². The Kier molecular flexibility index (Phi) is 4.44. The van der Waals surface area contributed by atoms with Crippen LogP contribution in [0.15, 0.2) is 35.0 Å². The number of alkyl halides is 3. The van der Waals surface area contributed by atoms with Crippen LogP contribution in [0.25, 0.3) is 11.3 Å². The molecule has 20 heavy (non-hydrogen) atoms. The Hall–Kier alpha value is -1.82. The first kappa shape index (κ1) is 14.6. The molecule has 0 saturated carbocycles. The third-order valence-electron chi connectivity index (χ3n) is 2.84. The first-order valence-electron chi connectivity index (χ1n) is 6.34. The summed E-state index contributed by atoms with van der Waals surface area (Å²) < 4.78 is 43.2. The van der Waals surface area contributed by atoms with Gasteiger partial charge in [0, 0.05) is 17.7 Å². The summed E-state index contributed by atoms with van der Waals surface area (Å²) in [5.74, 6) is 0.375. The molecule has 0 aliphatic heterocycles. The van der Waals surface area contributed by atoms with E-state index < -0.39 is 11.7 Å². The van der Waals surface area contributed by atoms with Crippen LogP contribution in [-0.2, 0) is 12.7 Å². The predicted molar refractivity (Wildman–Crippen MR) is 68.9 cm³/mol. The van der Waals surface area contributed by atoms with Gasteiger partial charge in [-0.2, -0.15) is 13.2 Å². The van der Waals surface area contributed by atoms with Gasteiger partial charge < -0.3 is 9.84 Å². The Morgan fingerprint density at radius 1 is 1.30 bits per heavy atom. The molecule has 3 nitrogen and oxygen atoms in total. The molecule has 0 spiro atoms. The fraction of sp³-hybridized carbons (Fsp3) is 0.357. The maximum atomic E-state index is 12.7. The van der Waals surface area contributed by atoms with Gasteiger partial charge in [-0.15, -0.1) is 0 Å². The van der Waals surface area contributed by atoms with Gasteiger partial charge in [0.15, 0.2) is 5.76 Å². The Balaban J connectivity index is 2.26. The number of halogens is 3. The van der Waals surface area contributed by atoms with Gasteiger partial charge in [0.25, 0.3) is 0 Å². The lowest BCUT2D eigenvalue weighted by Gasteiger charge is -2.08.